The molecule has 0 aliphatic carbocycles. The molecule has 1 atom stereocenters. The Balaban J connectivity index is 2.25. The van der Waals surface area contributed by atoms with Crippen LogP contribution in [-0.2, 0) is 7.05 Å². The SMILES string of the molecule is Cn1ncc2c([C@@H](O)CNC(C)(C)C)cccc21. The van der Waals surface area contributed by atoms with Crippen molar-refractivity contribution in [3.63, 3.8) is 0 Å². The zero-order chi connectivity index (χ0) is 13.3. The van der Waals surface area contributed by atoms with E-state index in [2.05, 4.69) is 31.2 Å². The average Bonchev–Trinajstić information content (AvgIpc) is 2.67. The Bertz CT molecular complexity index is 539. The lowest BCUT2D eigenvalue weighted by Gasteiger charge is -2.23. The van der Waals surface area contributed by atoms with E-state index in [1.807, 2.05) is 36.1 Å². The molecule has 98 valence electrons. The molecule has 0 saturated carbocycles. The third-order valence-electron chi connectivity index (χ3n) is 3.01. The molecule has 0 unspecified atom stereocenters. The van der Waals surface area contributed by atoms with Crippen molar-refractivity contribution >= 4 is 10.9 Å². The molecule has 18 heavy (non-hydrogen) atoms. The first-order valence-electron chi connectivity index (χ1n) is 6.22. The lowest BCUT2D eigenvalue weighted by molar-refractivity contribution is 0.164. The second kappa shape index (κ2) is 4.71. The fraction of sp³-hybridized carbons (Fsp3) is 0.500. The van der Waals surface area contributed by atoms with E-state index in [4.69, 9.17) is 0 Å². The van der Waals surface area contributed by atoms with Crippen molar-refractivity contribution in [3.8, 4) is 0 Å². The van der Waals surface area contributed by atoms with Crippen LogP contribution >= 0.6 is 0 Å². The summed E-state index contributed by atoms with van der Waals surface area (Å²) in [5, 5.41) is 18.9. The lowest BCUT2D eigenvalue weighted by atomic mass is 10.0. The van der Waals surface area contributed by atoms with E-state index >= 15 is 0 Å². The van der Waals surface area contributed by atoms with Crippen LogP contribution in [0.1, 0.15) is 32.4 Å². The van der Waals surface area contributed by atoms with Gasteiger partial charge in [0.05, 0.1) is 17.8 Å². The van der Waals surface area contributed by atoms with Gasteiger partial charge in [-0.3, -0.25) is 4.68 Å². The minimum atomic E-state index is -0.517. The number of β-amino-alcohol motifs (C(OH)–C–C–N with tert-alkyl or cyclic N) is 1. The van der Waals surface area contributed by atoms with Crippen LogP contribution in [0.15, 0.2) is 24.4 Å². The predicted octanol–water partition coefficient (Wildman–Crippen LogP) is 1.99. The van der Waals surface area contributed by atoms with Crippen LogP contribution in [-0.4, -0.2) is 27.0 Å². The van der Waals surface area contributed by atoms with E-state index in [-0.39, 0.29) is 5.54 Å². The normalized spacial score (nSPS) is 14.1. The summed E-state index contributed by atoms with van der Waals surface area (Å²) in [5.74, 6) is 0. The van der Waals surface area contributed by atoms with Crippen LogP contribution in [0.25, 0.3) is 10.9 Å². The summed E-state index contributed by atoms with van der Waals surface area (Å²) < 4.78 is 1.82. The third kappa shape index (κ3) is 2.71. The van der Waals surface area contributed by atoms with Gasteiger partial charge in [-0.15, -0.1) is 0 Å². The number of fused-ring (bicyclic) bond motifs is 1. The molecule has 1 heterocycles. The summed E-state index contributed by atoms with van der Waals surface area (Å²) in [6.07, 6.45) is 1.29. The second-order valence-corrected chi connectivity index (χ2v) is 5.69. The Hall–Kier alpha value is -1.39. The van der Waals surface area contributed by atoms with Gasteiger partial charge in [0, 0.05) is 24.5 Å². The summed E-state index contributed by atoms with van der Waals surface area (Å²) >= 11 is 0. The van der Waals surface area contributed by atoms with Gasteiger partial charge in [0.2, 0.25) is 0 Å². The number of aliphatic hydroxyl groups excluding tert-OH is 1. The molecule has 0 bridgehead atoms. The van der Waals surface area contributed by atoms with E-state index in [0.717, 1.165) is 16.5 Å². The zero-order valence-corrected chi connectivity index (χ0v) is 11.4. The van der Waals surface area contributed by atoms with E-state index in [0.29, 0.717) is 6.54 Å². The van der Waals surface area contributed by atoms with Gasteiger partial charge in [-0.2, -0.15) is 5.10 Å². The maximum absolute atomic E-state index is 10.3. The molecule has 0 aliphatic heterocycles. The molecule has 4 nitrogen and oxygen atoms in total. The number of benzene rings is 1. The van der Waals surface area contributed by atoms with Crippen molar-refractivity contribution < 1.29 is 5.11 Å². The van der Waals surface area contributed by atoms with E-state index < -0.39 is 6.10 Å². The first-order chi connectivity index (χ1) is 8.38. The number of nitrogens with zero attached hydrogens (tertiary/aromatic N) is 2. The Labute approximate surface area is 108 Å². The molecule has 0 aliphatic rings. The Kier molecular flexibility index (Phi) is 3.41. The number of hydrogen-bond acceptors (Lipinski definition) is 3. The van der Waals surface area contributed by atoms with Crippen molar-refractivity contribution in [1.82, 2.24) is 15.1 Å². The van der Waals surface area contributed by atoms with Gasteiger partial charge in [-0.05, 0) is 32.4 Å². The topological polar surface area (TPSA) is 50.1 Å². The van der Waals surface area contributed by atoms with Crippen LogP contribution in [0.2, 0.25) is 0 Å². The van der Waals surface area contributed by atoms with Gasteiger partial charge in [-0.1, -0.05) is 12.1 Å². The highest BCUT2D eigenvalue weighted by Crippen LogP contribution is 2.23. The number of hydrogen-bond donors (Lipinski definition) is 2. The van der Waals surface area contributed by atoms with Crippen molar-refractivity contribution in [2.75, 3.05) is 6.54 Å². The molecule has 0 spiro atoms. The van der Waals surface area contributed by atoms with Gasteiger partial charge in [0.1, 0.15) is 0 Å². The maximum Gasteiger partial charge on any atom is 0.0921 e. The largest absolute Gasteiger partial charge is 0.387 e. The minimum Gasteiger partial charge on any atom is -0.387 e. The number of aliphatic hydroxyl groups is 1. The molecule has 0 amide bonds. The first-order valence-corrected chi connectivity index (χ1v) is 6.22. The summed E-state index contributed by atoms with van der Waals surface area (Å²) in [7, 11) is 1.91. The van der Waals surface area contributed by atoms with Crippen molar-refractivity contribution in [3.05, 3.63) is 30.0 Å². The molecule has 1 aromatic heterocycles. The molecular formula is C14H21N3O. The fourth-order valence-electron chi connectivity index (χ4n) is 2.00. The van der Waals surface area contributed by atoms with E-state index in [1.54, 1.807) is 0 Å². The van der Waals surface area contributed by atoms with E-state index in [1.165, 1.54) is 0 Å². The molecule has 2 N–H and O–H groups in total. The summed E-state index contributed by atoms with van der Waals surface area (Å²) in [6.45, 7) is 6.80. The lowest BCUT2D eigenvalue weighted by Crippen LogP contribution is -2.38. The summed E-state index contributed by atoms with van der Waals surface area (Å²) in [4.78, 5) is 0. The number of aryl methyl sites for hydroxylation is 1. The van der Waals surface area contributed by atoms with Gasteiger partial charge >= 0.3 is 0 Å². The Morgan fingerprint density at radius 1 is 1.39 bits per heavy atom. The Morgan fingerprint density at radius 2 is 2.11 bits per heavy atom. The second-order valence-electron chi connectivity index (χ2n) is 5.69. The molecule has 4 heteroatoms. The van der Waals surface area contributed by atoms with Crippen molar-refractivity contribution in [1.29, 1.82) is 0 Å². The predicted molar refractivity (Wildman–Crippen MR) is 73.4 cm³/mol. The van der Waals surface area contributed by atoms with Crippen molar-refractivity contribution in [2.24, 2.45) is 7.05 Å². The number of rotatable bonds is 3. The van der Waals surface area contributed by atoms with Gasteiger partial charge < -0.3 is 10.4 Å². The highest BCUT2D eigenvalue weighted by atomic mass is 16.3. The first kappa shape index (κ1) is 13.1. The summed E-state index contributed by atoms with van der Waals surface area (Å²) in [6, 6.07) is 5.93. The smallest absolute Gasteiger partial charge is 0.0921 e. The summed E-state index contributed by atoms with van der Waals surface area (Å²) in [5.41, 5.74) is 1.98. The zero-order valence-electron chi connectivity index (χ0n) is 11.4. The van der Waals surface area contributed by atoms with Crippen LogP contribution in [0.4, 0.5) is 0 Å². The molecule has 0 saturated heterocycles. The van der Waals surface area contributed by atoms with Gasteiger partial charge in [0.25, 0.3) is 0 Å². The van der Waals surface area contributed by atoms with Crippen LogP contribution in [0.3, 0.4) is 0 Å². The molecular weight excluding hydrogens is 226 g/mol. The Morgan fingerprint density at radius 3 is 2.78 bits per heavy atom. The third-order valence-corrected chi connectivity index (χ3v) is 3.01. The monoisotopic (exact) mass is 247 g/mol. The molecule has 1 aromatic carbocycles. The highest BCUT2D eigenvalue weighted by molar-refractivity contribution is 5.82. The van der Waals surface area contributed by atoms with Gasteiger partial charge in [0.15, 0.2) is 0 Å². The maximum atomic E-state index is 10.3. The number of nitrogens with one attached hydrogen (secondary N) is 1. The minimum absolute atomic E-state index is 0.00378. The number of aromatic nitrogens is 2. The van der Waals surface area contributed by atoms with E-state index in [9.17, 15) is 5.11 Å². The molecule has 2 aromatic rings. The molecule has 2 rings (SSSR count). The average molecular weight is 247 g/mol. The standard InChI is InChI=1S/C14H21N3O/c1-14(2,3)15-9-13(18)10-6-5-7-12-11(10)8-16-17(12)4/h5-8,13,15,18H,9H2,1-4H3/t13-/m0/s1. The molecule has 0 radical (unpaired) electrons. The molecule has 0 fully saturated rings. The highest BCUT2D eigenvalue weighted by Gasteiger charge is 2.16. The van der Waals surface area contributed by atoms with Crippen LogP contribution in [0.5, 0.6) is 0 Å². The van der Waals surface area contributed by atoms with Crippen LogP contribution < -0.4 is 5.32 Å². The fourth-order valence-corrected chi connectivity index (χ4v) is 2.00. The quantitative estimate of drug-likeness (QED) is 0.872. The van der Waals surface area contributed by atoms with Gasteiger partial charge in [-0.25, -0.2) is 0 Å². The van der Waals surface area contributed by atoms with Crippen molar-refractivity contribution in [2.45, 2.75) is 32.4 Å². The van der Waals surface area contributed by atoms with Crippen LogP contribution in [0, 0.1) is 0 Å².